The second-order valence-electron chi connectivity index (χ2n) is 7.10. The number of carbonyl (C=O) groups excluding carboxylic acids is 1. The third-order valence-corrected chi connectivity index (χ3v) is 8.48. The first kappa shape index (κ1) is 20.4. The third-order valence-electron chi connectivity index (χ3n) is 5.29. The predicted molar refractivity (Wildman–Crippen MR) is 102 cm³/mol. The molecule has 1 fully saturated rings. The summed E-state index contributed by atoms with van der Waals surface area (Å²) >= 11 is 1.48. The van der Waals surface area contributed by atoms with Crippen molar-refractivity contribution in [2.45, 2.75) is 30.3 Å². The molecule has 2 aliphatic rings. The molecule has 0 N–H and O–H groups in total. The standard InChI is InChI=1S/C19H19F3N2O3S2/c20-19(21,22)14-5-1-2-7-17(14)29(26,27)24-10-8-23(9-11-24)18(25)16-12-13-4-3-6-15(13)28-16/h1-2,5,7,12H,3-4,6,8-11H2. The van der Waals surface area contributed by atoms with Crippen LogP contribution < -0.4 is 0 Å². The molecule has 1 aliphatic carbocycles. The Morgan fingerprint density at radius 2 is 1.72 bits per heavy atom. The minimum Gasteiger partial charge on any atom is -0.335 e. The molecule has 0 unspecified atom stereocenters. The van der Waals surface area contributed by atoms with Crippen LogP contribution in [-0.2, 0) is 29.0 Å². The number of carbonyl (C=O) groups is 1. The topological polar surface area (TPSA) is 57.7 Å². The quantitative estimate of drug-likeness (QED) is 0.729. The van der Waals surface area contributed by atoms with E-state index >= 15 is 0 Å². The van der Waals surface area contributed by atoms with Crippen LogP contribution in [-0.4, -0.2) is 49.7 Å². The van der Waals surface area contributed by atoms with Gasteiger partial charge in [-0.15, -0.1) is 11.3 Å². The Balaban J connectivity index is 1.48. The van der Waals surface area contributed by atoms with Gasteiger partial charge in [0, 0.05) is 31.1 Å². The van der Waals surface area contributed by atoms with Crippen LogP contribution in [0.4, 0.5) is 13.2 Å². The number of amides is 1. The molecule has 29 heavy (non-hydrogen) atoms. The highest BCUT2D eigenvalue weighted by Gasteiger charge is 2.40. The monoisotopic (exact) mass is 444 g/mol. The van der Waals surface area contributed by atoms with E-state index in [9.17, 15) is 26.4 Å². The summed E-state index contributed by atoms with van der Waals surface area (Å²) < 4.78 is 66.4. The van der Waals surface area contributed by atoms with Crippen molar-refractivity contribution in [3.8, 4) is 0 Å². The lowest BCUT2D eigenvalue weighted by Crippen LogP contribution is -2.50. The number of sulfonamides is 1. The van der Waals surface area contributed by atoms with Crippen molar-refractivity contribution in [3.63, 3.8) is 0 Å². The number of hydrogen-bond acceptors (Lipinski definition) is 4. The maximum absolute atomic E-state index is 13.2. The summed E-state index contributed by atoms with van der Waals surface area (Å²) in [7, 11) is -4.31. The van der Waals surface area contributed by atoms with Crippen LogP contribution in [0.5, 0.6) is 0 Å². The molecule has 0 spiro atoms. The van der Waals surface area contributed by atoms with Gasteiger partial charge in [0.1, 0.15) is 0 Å². The first-order chi connectivity index (χ1) is 13.7. The predicted octanol–water partition coefficient (Wildman–Crippen LogP) is 3.40. The molecule has 4 rings (SSSR count). The lowest BCUT2D eigenvalue weighted by atomic mass is 10.2. The molecule has 10 heteroatoms. The molecule has 5 nitrogen and oxygen atoms in total. The SMILES string of the molecule is O=C(c1cc2c(s1)CCC2)N1CCN(S(=O)(=O)c2ccccc2C(F)(F)F)CC1. The maximum atomic E-state index is 13.2. The van der Waals surface area contributed by atoms with Gasteiger partial charge >= 0.3 is 6.18 Å². The van der Waals surface area contributed by atoms with Gasteiger partial charge in [0.05, 0.1) is 15.3 Å². The first-order valence-corrected chi connectivity index (χ1v) is 11.5. The molecule has 1 aromatic heterocycles. The second kappa shape index (κ2) is 7.41. The van der Waals surface area contributed by atoms with E-state index in [1.165, 1.54) is 27.8 Å². The van der Waals surface area contributed by atoms with Crippen molar-refractivity contribution in [1.82, 2.24) is 9.21 Å². The van der Waals surface area contributed by atoms with Crippen molar-refractivity contribution in [1.29, 1.82) is 0 Å². The molecule has 1 aliphatic heterocycles. The van der Waals surface area contributed by atoms with Gasteiger partial charge in [0.25, 0.3) is 5.91 Å². The minimum atomic E-state index is -4.76. The Bertz CT molecular complexity index is 1020. The Morgan fingerprint density at radius 3 is 2.38 bits per heavy atom. The van der Waals surface area contributed by atoms with Crippen molar-refractivity contribution >= 4 is 27.3 Å². The van der Waals surface area contributed by atoms with Crippen LogP contribution in [0.3, 0.4) is 0 Å². The zero-order valence-electron chi connectivity index (χ0n) is 15.4. The molecule has 156 valence electrons. The van der Waals surface area contributed by atoms with Crippen LogP contribution >= 0.6 is 11.3 Å². The van der Waals surface area contributed by atoms with Crippen molar-refractivity contribution in [2.24, 2.45) is 0 Å². The molecule has 0 radical (unpaired) electrons. The first-order valence-electron chi connectivity index (χ1n) is 9.25. The number of benzene rings is 1. The molecule has 0 saturated carbocycles. The molecule has 0 bridgehead atoms. The number of halogens is 3. The van der Waals surface area contributed by atoms with Crippen LogP contribution in [0.2, 0.25) is 0 Å². The van der Waals surface area contributed by atoms with Gasteiger partial charge in [-0.1, -0.05) is 12.1 Å². The second-order valence-corrected chi connectivity index (χ2v) is 10.1. The summed E-state index contributed by atoms with van der Waals surface area (Å²) in [5.41, 5.74) is 0.0370. The van der Waals surface area contributed by atoms with E-state index in [2.05, 4.69) is 0 Å². The molecule has 1 amide bonds. The van der Waals surface area contributed by atoms with E-state index in [0.717, 1.165) is 41.8 Å². The summed E-state index contributed by atoms with van der Waals surface area (Å²) in [6.07, 6.45) is -1.70. The van der Waals surface area contributed by atoms with Crippen molar-refractivity contribution in [3.05, 3.63) is 51.2 Å². The third kappa shape index (κ3) is 3.80. The fourth-order valence-electron chi connectivity index (χ4n) is 3.79. The zero-order valence-corrected chi connectivity index (χ0v) is 17.0. The van der Waals surface area contributed by atoms with E-state index in [1.54, 1.807) is 4.90 Å². The summed E-state index contributed by atoms with van der Waals surface area (Å²) in [6, 6.07) is 6.10. The van der Waals surface area contributed by atoms with E-state index < -0.39 is 26.7 Å². The lowest BCUT2D eigenvalue weighted by molar-refractivity contribution is -0.139. The number of piperazine rings is 1. The molecule has 1 aromatic carbocycles. The number of thiophene rings is 1. The molecular formula is C19H19F3N2O3S2. The number of hydrogen-bond donors (Lipinski definition) is 0. The number of rotatable bonds is 3. The highest BCUT2D eigenvalue weighted by Crippen LogP contribution is 2.35. The molecule has 2 aromatic rings. The molecule has 0 atom stereocenters. The van der Waals surface area contributed by atoms with Crippen LogP contribution in [0.25, 0.3) is 0 Å². The maximum Gasteiger partial charge on any atom is 0.417 e. The van der Waals surface area contributed by atoms with E-state index in [0.29, 0.717) is 4.88 Å². The molecule has 1 saturated heterocycles. The Kier molecular flexibility index (Phi) is 5.20. The van der Waals surface area contributed by atoms with Gasteiger partial charge in [0.15, 0.2) is 0 Å². The number of fused-ring (bicyclic) bond motifs is 1. The van der Waals surface area contributed by atoms with Crippen molar-refractivity contribution in [2.75, 3.05) is 26.2 Å². The number of nitrogens with zero attached hydrogens (tertiary/aromatic N) is 2. The Hall–Kier alpha value is -1.91. The van der Waals surface area contributed by atoms with Gasteiger partial charge in [-0.25, -0.2) is 8.42 Å². The number of alkyl halides is 3. The highest BCUT2D eigenvalue weighted by molar-refractivity contribution is 7.89. The van der Waals surface area contributed by atoms with Gasteiger partial charge in [-0.3, -0.25) is 4.79 Å². The summed E-state index contributed by atoms with van der Waals surface area (Å²) in [5.74, 6) is -0.142. The van der Waals surface area contributed by atoms with Gasteiger partial charge in [-0.05, 0) is 43.0 Å². The summed E-state index contributed by atoms with van der Waals surface area (Å²) in [6.45, 7) is 0.223. The fraction of sp³-hybridized carbons (Fsp3) is 0.421. The lowest BCUT2D eigenvalue weighted by Gasteiger charge is -2.34. The normalized spacial score (nSPS) is 18.1. The van der Waals surface area contributed by atoms with E-state index in [4.69, 9.17) is 0 Å². The van der Waals surface area contributed by atoms with Gasteiger partial charge in [0.2, 0.25) is 10.0 Å². The Labute approximate surface area is 170 Å². The van der Waals surface area contributed by atoms with E-state index in [-0.39, 0.29) is 32.1 Å². The summed E-state index contributed by atoms with van der Waals surface area (Å²) in [5, 5.41) is 0. The average molecular weight is 445 g/mol. The van der Waals surface area contributed by atoms with Crippen LogP contribution in [0.1, 0.15) is 32.1 Å². The average Bonchev–Trinajstić information content (AvgIpc) is 3.29. The van der Waals surface area contributed by atoms with E-state index in [1.807, 2.05) is 6.07 Å². The van der Waals surface area contributed by atoms with Gasteiger partial charge < -0.3 is 4.90 Å². The smallest absolute Gasteiger partial charge is 0.335 e. The van der Waals surface area contributed by atoms with Gasteiger partial charge in [-0.2, -0.15) is 17.5 Å². The molecule has 2 heterocycles. The molecular weight excluding hydrogens is 425 g/mol. The minimum absolute atomic E-state index is 0.0364. The zero-order chi connectivity index (χ0) is 20.8. The van der Waals surface area contributed by atoms with Crippen LogP contribution in [0.15, 0.2) is 35.2 Å². The fourth-order valence-corrected chi connectivity index (χ4v) is 6.64. The number of aryl methyl sites for hydroxylation is 2. The highest BCUT2D eigenvalue weighted by atomic mass is 32.2. The summed E-state index contributed by atoms with van der Waals surface area (Å²) in [4.78, 5) is 15.4. The van der Waals surface area contributed by atoms with Crippen LogP contribution in [0, 0.1) is 0 Å². The van der Waals surface area contributed by atoms with Crippen molar-refractivity contribution < 1.29 is 26.4 Å². The largest absolute Gasteiger partial charge is 0.417 e. The Morgan fingerprint density at radius 1 is 1.03 bits per heavy atom.